The first-order valence-electron chi connectivity index (χ1n) is 6.88. The third-order valence-corrected chi connectivity index (χ3v) is 4.11. The Hall–Kier alpha value is -1.02. The Labute approximate surface area is 103 Å². The number of ether oxygens (including phenoxy) is 1. The molecule has 2 N–H and O–H groups in total. The van der Waals surface area contributed by atoms with E-state index in [1.54, 1.807) is 0 Å². The lowest BCUT2D eigenvalue weighted by Gasteiger charge is -2.25. The summed E-state index contributed by atoms with van der Waals surface area (Å²) in [6.07, 6.45) is 8.95. The molecule has 1 aromatic rings. The predicted octanol–water partition coefficient (Wildman–Crippen LogP) is 3.34. The number of fused-ring (bicyclic) bond motifs is 1. The van der Waals surface area contributed by atoms with Gasteiger partial charge in [-0.2, -0.15) is 0 Å². The summed E-state index contributed by atoms with van der Waals surface area (Å²) >= 11 is 0. The Bertz CT molecular complexity index is 396. The number of rotatable bonds is 2. The summed E-state index contributed by atoms with van der Waals surface area (Å²) in [5.41, 5.74) is 8.85. The zero-order chi connectivity index (χ0) is 11.7. The van der Waals surface area contributed by atoms with E-state index in [9.17, 15) is 0 Å². The minimum atomic E-state index is 0.214. The molecule has 0 amide bonds. The molecule has 0 heterocycles. The van der Waals surface area contributed by atoms with Gasteiger partial charge in [-0.3, -0.25) is 0 Å². The Balaban J connectivity index is 1.86. The lowest BCUT2D eigenvalue weighted by atomic mass is 9.87. The van der Waals surface area contributed by atoms with Gasteiger partial charge >= 0.3 is 0 Å². The quantitative estimate of drug-likeness (QED) is 0.847. The highest BCUT2D eigenvalue weighted by Gasteiger charge is 2.22. The van der Waals surface area contributed by atoms with Gasteiger partial charge in [0, 0.05) is 6.04 Å². The van der Waals surface area contributed by atoms with Gasteiger partial charge in [-0.05, 0) is 62.1 Å². The highest BCUT2D eigenvalue weighted by molar-refractivity contribution is 5.43. The van der Waals surface area contributed by atoms with Crippen LogP contribution in [0.15, 0.2) is 18.2 Å². The van der Waals surface area contributed by atoms with E-state index in [-0.39, 0.29) is 6.04 Å². The first kappa shape index (κ1) is 11.1. The molecule has 0 aliphatic heterocycles. The van der Waals surface area contributed by atoms with E-state index in [4.69, 9.17) is 10.5 Å². The molecule has 17 heavy (non-hydrogen) atoms. The normalized spacial score (nSPS) is 24.6. The van der Waals surface area contributed by atoms with Crippen LogP contribution in [0, 0.1) is 0 Å². The van der Waals surface area contributed by atoms with Crippen LogP contribution in [-0.2, 0) is 6.42 Å². The Morgan fingerprint density at radius 2 is 1.88 bits per heavy atom. The van der Waals surface area contributed by atoms with Crippen molar-refractivity contribution in [3.63, 3.8) is 0 Å². The molecule has 3 rings (SSSR count). The summed E-state index contributed by atoms with van der Waals surface area (Å²) in [6.45, 7) is 0. The van der Waals surface area contributed by atoms with Gasteiger partial charge in [0.25, 0.3) is 0 Å². The van der Waals surface area contributed by atoms with Gasteiger partial charge in [0.05, 0.1) is 6.10 Å². The highest BCUT2D eigenvalue weighted by Crippen LogP contribution is 2.35. The van der Waals surface area contributed by atoms with E-state index in [0.29, 0.717) is 6.10 Å². The van der Waals surface area contributed by atoms with Crippen molar-refractivity contribution in [3.05, 3.63) is 29.3 Å². The largest absolute Gasteiger partial charge is 0.490 e. The predicted molar refractivity (Wildman–Crippen MR) is 69.2 cm³/mol. The molecule has 2 heteroatoms. The molecule has 0 bridgehead atoms. The van der Waals surface area contributed by atoms with Gasteiger partial charge in [0.15, 0.2) is 0 Å². The van der Waals surface area contributed by atoms with Gasteiger partial charge in [-0.1, -0.05) is 12.1 Å². The maximum Gasteiger partial charge on any atom is 0.123 e. The summed E-state index contributed by atoms with van der Waals surface area (Å²) in [7, 11) is 0. The fourth-order valence-electron chi connectivity index (χ4n) is 3.15. The molecule has 0 radical (unpaired) electrons. The molecular formula is C15H21NO. The minimum Gasteiger partial charge on any atom is -0.490 e. The molecule has 1 saturated carbocycles. The average molecular weight is 231 g/mol. The maximum atomic E-state index is 6.17. The molecule has 1 fully saturated rings. The molecule has 1 atom stereocenters. The second-order valence-corrected chi connectivity index (χ2v) is 5.35. The molecule has 1 aromatic carbocycles. The lowest BCUT2D eigenvalue weighted by Crippen LogP contribution is -2.19. The van der Waals surface area contributed by atoms with Crippen molar-refractivity contribution in [1.82, 2.24) is 0 Å². The van der Waals surface area contributed by atoms with E-state index in [0.717, 1.165) is 18.6 Å². The molecule has 92 valence electrons. The molecule has 0 saturated heterocycles. The summed E-state index contributed by atoms with van der Waals surface area (Å²) < 4.78 is 6.17. The fraction of sp³-hybridized carbons (Fsp3) is 0.600. The van der Waals surface area contributed by atoms with E-state index >= 15 is 0 Å². The number of benzene rings is 1. The molecule has 0 spiro atoms. The summed E-state index contributed by atoms with van der Waals surface area (Å²) in [5, 5.41) is 0. The standard InChI is InChI=1S/C15H21NO/c16-14-9-3-8-13-12(14)7-4-10-15(13)17-11-5-1-2-6-11/h4,7,10-11,14H,1-3,5-6,8-9,16H2. The van der Waals surface area contributed by atoms with Crippen molar-refractivity contribution in [1.29, 1.82) is 0 Å². The topological polar surface area (TPSA) is 35.2 Å². The first-order valence-corrected chi connectivity index (χ1v) is 6.88. The molecular weight excluding hydrogens is 210 g/mol. The van der Waals surface area contributed by atoms with Crippen molar-refractivity contribution >= 4 is 0 Å². The van der Waals surface area contributed by atoms with Crippen LogP contribution in [0.2, 0.25) is 0 Å². The summed E-state index contributed by atoms with van der Waals surface area (Å²) in [4.78, 5) is 0. The number of hydrogen-bond acceptors (Lipinski definition) is 2. The Kier molecular flexibility index (Phi) is 3.06. The van der Waals surface area contributed by atoms with Crippen molar-refractivity contribution in [2.45, 2.75) is 57.1 Å². The van der Waals surface area contributed by atoms with Crippen molar-refractivity contribution in [3.8, 4) is 5.75 Å². The van der Waals surface area contributed by atoms with Crippen LogP contribution < -0.4 is 10.5 Å². The third kappa shape index (κ3) is 2.19. The fourth-order valence-corrected chi connectivity index (χ4v) is 3.15. The van der Waals surface area contributed by atoms with E-state index < -0.39 is 0 Å². The number of hydrogen-bond donors (Lipinski definition) is 1. The van der Waals surface area contributed by atoms with Crippen LogP contribution in [0.1, 0.15) is 55.7 Å². The smallest absolute Gasteiger partial charge is 0.123 e. The van der Waals surface area contributed by atoms with Crippen LogP contribution >= 0.6 is 0 Å². The van der Waals surface area contributed by atoms with Crippen molar-refractivity contribution in [2.24, 2.45) is 5.73 Å². The molecule has 0 aromatic heterocycles. The Morgan fingerprint density at radius 1 is 1.06 bits per heavy atom. The maximum absolute atomic E-state index is 6.17. The molecule has 2 aliphatic rings. The van der Waals surface area contributed by atoms with Gasteiger partial charge < -0.3 is 10.5 Å². The van der Waals surface area contributed by atoms with E-state index in [1.807, 2.05) is 0 Å². The first-order chi connectivity index (χ1) is 8.34. The van der Waals surface area contributed by atoms with Gasteiger partial charge in [0.1, 0.15) is 5.75 Å². The second-order valence-electron chi connectivity index (χ2n) is 5.35. The van der Waals surface area contributed by atoms with Gasteiger partial charge in [-0.25, -0.2) is 0 Å². The second kappa shape index (κ2) is 4.69. The van der Waals surface area contributed by atoms with Crippen molar-refractivity contribution < 1.29 is 4.74 Å². The van der Waals surface area contributed by atoms with Crippen LogP contribution in [-0.4, -0.2) is 6.10 Å². The highest BCUT2D eigenvalue weighted by atomic mass is 16.5. The van der Waals surface area contributed by atoms with Crippen LogP contribution in [0.3, 0.4) is 0 Å². The SMILES string of the molecule is NC1CCCc2c(OC3CCCC3)cccc21. The van der Waals surface area contributed by atoms with Crippen LogP contribution in [0.25, 0.3) is 0 Å². The van der Waals surface area contributed by atoms with Crippen molar-refractivity contribution in [2.75, 3.05) is 0 Å². The monoisotopic (exact) mass is 231 g/mol. The lowest BCUT2D eigenvalue weighted by molar-refractivity contribution is 0.207. The Morgan fingerprint density at radius 3 is 2.71 bits per heavy atom. The van der Waals surface area contributed by atoms with E-state index in [1.165, 1.54) is 43.2 Å². The zero-order valence-corrected chi connectivity index (χ0v) is 10.3. The third-order valence-electron chi connectivity index (χ3n) is 4.11. The van der Waals surface area contributed by atoms with Crippen LogP contribution in [0.5, 0.6) is 5.75 Å². The van der Waals surface area contributed by atoms with E-state index in [2.05, 4.69) is 18.2 Å². The number of nitrogens with two attached hydrogens (primary N) is 1. The molecule has 2 nitrogen and oxygen atoms in total. The van der Waals surface area contributed by atoms with Gasteiger partial charge in [-0.15, -0.1) is 0 Å². The van der Waals surface area contributed by atoms with Crippen LogP contribution in [0.4, 0.5) is 0 Å². The summed E-state index contributed by atoms with van der Waals surface area (Å²) in [6, 6.07) is 6.59. The zero-order valence-electron chi connectivity index (χ0n) is 10.3. The minimum absolute atomic E-state index is 0.214. The average Bonchev–Trinajstić information content (AvgIpc) is 2.83. The van der Waals surface area contributed by atoms with Gasteiger partial charge in [0.2, 0.25) is 0 Å². The molecule has 2 aliphatic carbocycles. The summed E-state index contributed by atoms with van der Waals surface area (Å²) in [5.74, 6) is 1.10. The molecule has 1 unspecified atom stereocenters.